The Labute approximate surface area is 193 Å². The van der Waals surface area contributed by atoms with Crippen LogP contribution in [0.3, 0.4) is 0 Å². The number of nitrogens with one attached hydrogen (secondary N) is 3. The number of amides is 2. The Balaban J connectivity index is 1.72. The number of anilines is 1. The third-order valence-corrected chi connectivity index (χ3v) is 5.16. The van der Waals surface area contributed by atoms with Crippen LogP contribution in [0.15, 0.2) is 39.8 Å². The maximum Gasteiger partial charge on any atom is 0.358 e. The molecule has 0 aliphatic heterocycles. The molecule has 1 unspecified atom stereocenters. The highest BCUT2D eigenvalue weighted by Gasteiger charge is 2.20. The fraction of sp³-hybridized carbons (Fsp3) is 0.273. The van der Waals surface area contributed by atoms with Crippen molar-refractivity contribution in [3.05, 3.63) is 56.6 Å². The largest absolute Gasteiger partial charge is 0.501 e. The molecule has 0 saturated heterocycles. The standard InChI is InChI=1S/C22H24N4O6S/c1-11(12-5-7-13(8-6-12)32-22(2,3)4)23-21(31)24-15-10-33-9-14(15)18-25-16(20(29)30)17(27)19(28)26-18/h5-11,27H,1-4H3,(H,29,30)(H2,23,24,31)(H,25,26,28). The average molecular weight is 473 g/mol. The number of rotatable bonds is 6. The molecule has 5 N–H and O–H groups in total. The highest BCUT2D eigenvalue weighted by atomic mass is 32.1. The third kappa shape index (κ3) is 5.89. The van der Waals surface area contributed by atoms with Gasteiger partial charge in [-0.3, -0.25) is 4.79 Å². The van der Waals surface area contributed by atoms with Crippen LogP contribution in [0.1, 0.15) is 49.8 Å². The zero-order chi connectivity index (χ0) is 24.3. The Bertz CT molecular complexity index is 1230. The van der Waals surface area contributed by atoms with Gasteiger partial charge in [0, 0.05) is 10.8 Å². The number of aromatic carboxylic acids is 1. The van der Waals surface area contributed by atoms with E-state index in [4.69, 9.17) is 9.84 Å². The lowest BCUT2D eigenvalue weighted by Gasteiger charge is -2.22. The van der Waals surface area contributed by atoms with Crippen LogP contribution in [0, 0.1) is 0 Å². The Kier molecular flexibility index (Phi) is 6.73. The maximum absolute atomic E-state index is 12.6. The molecule has 0 saturated carbocycles. The Morgan fingerprint density at radius 3 is 2.45 bits per heavy atom. The SMILES string of the molecule is CC(NC(=O)Nc1cscc1-c1nc(C(=O)O)c(O)c(=O)[nH]1)c1ccc(OC(C)(C)C)cc1. The molecule has 3 aromatic rings. The number of aromatic nitrogens is 2. The van der Waals surface area contributed by atoms with Gasteiger partial charge in [0.2, 0.25) is 5.75 Å². The van der Waals surface area contributed by atoms with E-state index in [2.05, 4.69) is 20.6 Å². The van der Waals surface area contributed by atoms with Gasteiger partial charge < -0.3 is 30.6 Å². The summed E-state index contributed by atoms with van der Waals surface area (Å²) in [6.45, 7) is 7.70. The first-order valence-corrected chi connectivity index (χ1v) is 10.9. The van der Waals surface area contributed by atoms with Gasteiger partial charge in [-0.25, -0.2) is 14.6 Å². The molecule has 11 heteroatoms. The number of carbonyl (C=O) groups excluding carboxylic acids is 1. The van der Waals surface area contributed by atoms with E-state index in [0.717, 1.165) is 11.3 Å². The van der Waals surface area contributed by atoms with Crippen molar-refractivity contribution in [2.24, 2.45) is 0 Å². The van der Waals surface area contributed by atoms with Gasteiger partial charge in [0.1, 0.15) is 17.2 Å². The number of ether oxygens (including phenoxy) is 1. The minimum atomic E-state index is -1.55. The number of carboxylic acids is 1. The fourth-order valence-corrected chi connectivity index (χ4v) is 3.70. The van der Waals surface area contributed by atoms with Crippen molar-refractivity contribution >= 4 is 29.0 Å². The Hall–Kier alpha value is -3.86. The van der Waals surface area contributed by atoms with Gasteiger partial charge in [-0.2, -0.15) is 0 Å². The van der Waals surface area contributed by atoms with Crippen LogP contribution in [-0.2, 0) is 0 Å². The van der Waals surface area contributed by atoms with E-state index in [1.54, 1.807) is 10.8 Å². The monoisotopic (exact) mass is 472 g/mol. The summed E-state index contributed by atoms with van der Waals surface area (Å²) in [7, 11) is 0. The van der Waals surface area contributed by atoms with Crippen molar-refractivity contribution in [2.45, 2.75) is 39.3 Å². The second kappa shape index (κ2) is 9.33. The lowest BCUT2D eigenvalue weighted by atomic mass is 10.1. The minimum absolute atomic E-state index is 0.0887. The van der Waals surface area contributed by atoms with Crippen molar-refractivity contribution in [1.29, 1.82) is 0 Å². The van der Waals surface area contributed by atoms with Crippen molar-refractivity contribution in [1.82, 2.24) is 15.3 Å². The van der Waals surface area contributed by atoms with Crippen LogP contribution in [-0.4, -0.2) is 37.8 Å². The zero-order valence-corrected chi connectivity index (χ0v) is 19.2. The topological polar surface area (TPSA) is 154 Å². The lowest BCUT2D eigenvalue weighted by molar-refractivity contribution is 0.0686. The summed E-state index contributed by atoms with van der Waals surface area (Å²) in [4.78, 5) is 41.8. The van der Waals surface area contributed by atoms with Crippen LogP contribution in [0.4, 0.5) is 10.5 Å². The second-order valence-corrected chi connectivity index (χ2v) is 8.96. The molecule has 2 aromatic heterocycles. The van der Waals surface area contributed by atoms with E-state index in [9.17, 15) is 19.5 Å². The van der Waals surface area contributed by atoms with Gasteiger partial charge in [0.05, 0.1) is 17.3 Å². The van der Waals surface area contributed by atoms with Gasteiger partial charge in [0.15, 0.2) is 5.69 Å². The summed E-state index contributed by atoms with van der Waals surface area (Å²) >= 11 is 1.22. The predicted octanol–water partition coefficient (Wildman–Crippen LogP) is 3.96. The van der Waals surface area contributed by atoms with Gasteiger partial charge >= 0.3 is 12.0 Å². The summed E-state index contributed by atoms with van der Waals surface area (Å²) in [6, 6.07) is 6.57. The normalized spacial score (nSPS) is 12.1. The second-order valence-electron chi connectivity index (χ2n) is 8.22. The smallest absolute Gasteiger partial charge is 0.358 e. The first-order chi connectivity index (χ1) is 15.4. The molecule has 3 rings (SSSR count). The molecule has 0 radical (unpaired) electrons. The van der Waals surface area contributed by atoms with Crippen molar-refractivity contribution < 1.29 is 24.5 Å². The number of carboxylic acid groups (broad SMARTS) is 1. The molecule has 2 amide bonds. The third-order valence-electron chi connectivity index (χ3n) is 4.41. The number of thiophene rings is 1. The van der Waals surface area contributed by atoms with Crippen LogP contribution >= 0.6 is 11.3 Å². The number of benzene rings is 1. The highest BCUT2D eigenvalue weighted by molar-refractivity contribution is 7.08. The molecule has 0 spiro atoms. The van der Waals surface area contributed by atoms with E-state index < -0.39 is 29.0 Å². The molecule has 174 valence electrons. The number of urea groups is 1. The number of nitrogens with zero attached hydrogens (tertiary/aromatic N) is 1. The molecule has 0 bridgehead atoms. The van der Waals surface area contributed by atoms with Crippen molar-refractivity contribution in [3.63, 3.8) is 0 Å². The van der Waals surface area contributed by atoms with E-state index in [0.29, 0.717) is 11.3 Å². The Morgan fingerprint density at radius 2 is 1.85 bits per heavy atom. The van der Waals surface area contributed by atoms with Crippen molar-refractivity contribution in [2.75, 3.05) is 5.32 Å². The van der Waals surface area contributed by atoms with E-state index in [-0.39, 0.29) is 17.5 Å². The minimum Gasteiger partial charge on any atom is -0.501 e. The average Bonchev–Trinajstić information content (AvgIpc) is 3.16. The molecule has 1 atom stereocenters. The molecular weight excluding hydrogens is 448 g/mol. The molecule has 33 heavy (non-hydrogen) atoms. The van der Waals surface area contributed by atoms with Gasteiger partial charge in [-0.15, -0.1) is 11.3 Å². The van der Waals surface area contributed by atoms with Crippen molar-refractivity contribution in [3.8, 4) is 22.9 Å². The summed E-state index contributed by atoms with van der Waals surface area (Å²) in [5.74, 6) is -1.90. The zero-order valence-electron chi connectivity index (χ0n) is 18.4. The molecule has 2 heterocycles. The van der Waals surface area contributed by atoms with Crippen LogP contribution in [0.25, 0.3) is 11.4 Å². The first-order valence-electron chi connectivity index (χ1n) is 9.94. The van der Waals surface area contributed by atoms with Crippen LogP contribution < -0.4 is 20.9 Å². The van der Waals surface area contributed by atoms with E-state index in [1.165, 1.54) is 11.3 Å². The molecule has 0 fully saturated rings. The maximum atomic E-state index is 12.6. The summed E-state index contributed by atoms with van der Waals surface area (Å²) in [5, 5.41) is 27.5. The summed E-state index contributed by atoms with van der Waals surface area (Å²) in [5.41, 5.74) is -0.581. The van der Waals surface area contributed by atoms with E-state index >= 15 is 0 Å². The fourth-order valence-electron chi connectivity index (χ4n) is 2.94. The number of aromatic amines is 1. The molecular formula is C22H24N4O6S. The quantitative estimate of drug-likeness (QED) is 0.364. The number of H-pyrrole nitrogens is 1. The molecule has 1 aromatic carbocycles. The number of hydrogen-bond acceptors (Lipinski definition) is 7. The Morgan fingerprint density at radius 1 is 1.18 bits per heavy atom. The number of carbonyl (C=O) groups is 2. The van der Waals surface area contributed by atoms with Gasteiger partial charge in [-0.1, -0.05) is 12.1 Å². The number of aromatic hydroxyl groups is 1. The molecule has 10 nitrogen and oxygen atoms in total. The lowest BCUT2D eigenvalue weighted by Crippen LogP contribution is -2.31. The van der Waals surface area contributed by atoms with Crippen LogP contribution in [0.5, 0.6) is 11.5 Å². The van der Waals surface area contributed by atoms with Gasteiger partial charge in [-0.05, 0) is 45.4 Å². The first kappa shape index (κ1) is 23.8. The highest BCUT2D eigenvalue weighted by Crippen LogP contribution is 2.30. The summed E-state index contributed by atoms with van der Waals surface area (Å²) < 4.78 is 5.80. The molecule has 0 aliphatic rings. The summed E-state index contributed by atoms with van der Waals surface area (Å²) in [6.07, 6.45) is 0. The molecule has 0 aliphatic carbocycles. The number of hydrogen-bond donors (Lipinski definition) is 5. The van der Waals surface area contributed by atoms with E-state index in [1.807, 2.05) is 52.0 Å². The predicted molar refractivity (Wildman–Crippen MR) is 124 cm³/mol. The van der Waals surface area contributed by atoms with Crippen LogP contribution in [0.2, 0.25) is 0 Å². The van der Waals surface area contributed by atoms with Gasteiger partial charge in [0.25, 0.3) is 5.56 Å².